The Morgan fingerprint density at radius 2 is 1.90 bits per heavy atom. The minimum Gasteiger partial charge on any atom is -0.324 e. The van der Waals surface area contributed by atoms with Gasteiger partial charge in [-0.05, 0) is 43.5 Å². The monoisotopic (exact) mass is 297 g/mol. The molecule has 0 radical (unpaired) electrons. The van der Waals surface area contributed by atoms with Gasteiger partial charge in [-0.25, -0.2) is 13.1 Å². The normalized spacial score (nSPS) is 17.3. The summed E-state index contributed by atoms with van der Waals surface area (Å²) in [7, 11) is -3.46. The molecule has 0 aromatic heterocycles. The first-order valence-electron chi connectivity index (χ1n) is 6.57. The van der Waals surface area contributed by atoms with Crippen molar-refractivity contribution < 1.29 is 13.2 Å². The maximum absolute atomic E-state index is 11.9. The molecule has 1 aromatic carbocycles. The Morgan fingerprint density at radius 3 is 2.35 bits per heavy atom. The van der Waals surface area contributed by atoms with Gasteiger partial charge in [0, 0.05) is 12.2 Å². The quantitative estimate of drug-likeness (QED) is 0.748. The number of sulfonamides is 1. The molecule has 0 saturated heterocycles. The van der Waals surface area contributed by atoms with Crippen molar-refractivity contribution in [2.75, 3.05) is 11.9 Å². The minimum atomic E-state index is -3.46. The van der Waals surface area contributed by atoms with Crippen LogP contribution in [0.2, 0.25) is 0 Å². The molecule has 2 rings (SSSR count). The Balaban J connectivity index is 2.07. The number of rotatable bonds is 5. The van der Waals surface area contributed by atoms with Crippen LogP contribution in [0.5, 0.6) is 0 Å². The van der Waals surface area contributed by atoms with Gasteiger partial charge in [-0.15, -0.1) is 0 Å². The molecule has 1 aliphatic carbocycles. The molecule has 1 amide bonds. The smallest absolute Gasteiger partial charge is 0.244 e. The third kappa shape index (κ3) is 3.00. The van der Waals surface area contributed by atoms with Gasteiger partial charge in [-0.1, -0.05) is 6.92 Å². The van der Waals surface area contributed by atoms with Gasteiger partial charge in [0.2, 0.25) is 15.9 Å². The lowest BCUT2D eigenvalue weighted by Crippen LogP contribution is -2.56. The van der Waals surface area contributed by atoms with Gasteiger partial charge in [0.05, 0.1) is 10.4 Å². The highest BCUT2D eigenvalue weighted by Crippen LogP contribution is 2.30. The number of carbonyl (C=O) groups is 1. The van der Waals surface area contributed by atoms with Crippen LogP contribution in [0.25, 0.3) is 0 Å². The average Bonchev–Trinajstić information content (AvgIpc) is 2.36. The van der Waals surface area contributed by atoms with E-state index in [0.29, 0.717) is 25.1 Å². The van der Waals surface area contributed by atoms with Gasteiger partial charge < -0.3 is 11.1 Å². The van der Waals surface area contributed by atoms with Crippen molar-refractivity contribution in [1.29, 1.82) is 0 Å². The van der Waals surface area contributed by atoms with Crippen LogP contribution in [0.3, 0.4) is 0 Å². The zero-order valence-electron chi connectivity index (χ0n) is 11.3. The fourth-order valence-corrected chi connectivity index (χ4v) is 3.07. The Hall–Kier alpha value is -1.44. The van der Waals surface area contributed by atoms with E-state index in [2.05, 4.69) is 10.0 Å². The summed E-state index contributed by atoms with van der Waals surface area (Å²) in [5, 5.41) is 2.72. The van der Waals surface area contributed by atoms with Crippen LogP contribution in [0.4, 0.5) is 5.69 Å². The summed E-state index contributed by atoms with van der Waals surface area (Å²) in [6, 6.07) is 6.03. The first-order valence-corrected chi connectivity index (χ1v) is 8.06. The molecular formula is C13H19N3O3S. The molecule has 1 aromatic rings. The van der Waals surface area contributed by atoms with Gasteiger partial charge in [-0.2, -0.15) is 0 Å². The molecule has 1 fully saturated rings. The summed E-state index contributed by atoms with van der Waals surface area (Å²) >= 11 is 0. The van der Waals surface area contributed by atoms with Gasteiger partial charge in [0.25, 0.3) is 0 Å². The fraction of sp³-hybridized carbons (Fsp3) is 0.462. The second-order valence-electron chi connectivity index (χ2n) is 4.99. The highest BCUT2D eigenvalue weighted by Gasteiger charge is 2.40. The van der Waals surface area contributed by atoms with Gasteiger partial charge in [-0.3, -0.25) is 4.79 Å². The Kier molecular flexibility index (Phi) is 4.12. The Morgan fingerprint density at radius 1 is 1.30 bits per heavy atom. The molecule has 0 atom stereocenters. The van der Waals surface area contributed by atoms with Crippen LogP contribution in [0, 0.1) is 0 Å². The van der Waals surface area contributed by atoms with E-state index in [1.165, 1.54) is 12.1 Å². The van der Waals surface area contributed by atoms with E-state index in [-0.39, 0.29) is 10.8 Å². The molecule has 7 heteroatoms. The van der Waals surface area contributed by atoms with Crippen molar-refractivity contribution in [3.8, 4) is 0 Å². The largest absolute Gasteiger partial charge is 0.324 e. The topological polar surface area (TPSA) is 101 Å². The Labute approximate surface area is 118 Å². The number of nitrogens with one attached hydrogen (secondary N) is 2. The molecular weight excluding hydrogens is 278 g/mol. The predicted molar refractivity (Wildman–Crippen MR) is 76.7 cm³/mol. The standard InChI is InChI=1S/C13H19N3O3S/c1-2-15-20(18,19)11-6-4-10(5-7-11)16-12(17)13(14)8-3-9-13/h4-7,15H,2-3,8-9,14H2,1H3,(H,16,17). The van der Waals surface area contributed by atoms with Crippen LogP contribution in [-0.2, 0) is 14.8 Å². The summed E-state index contributed by atoms with van der Waals surface area (Å²) in [6.45, 7) is 2.04. The summed E-state index contributed by atoms with van der Waals surface area (Å²) in [6.07, 6.45) is 2.33. The molecule has 0 unspecified atom stereocenters. The maximum atomic E-state index is 11.9. The first-order chi connectivity index (χ1) is 9.37. The molecule has 0 spiro atoms. The lowest BCUT2D eigenvalue weighted by atomic mass is 9.77. The molecule has 0 bridgehead atoms. The van der Waals surface area contributed by atoms with Crippen molar-refractivity contribution in [3.05, 3.63) is 24.3 Å². The number of hydrogen-bond donors (Lipinski definition) is 3. The lowest BCUT2D eigenvalue weighted by molar-refractivity contribution is -0.123. The Bertz CT molecular complexity index is 592. The van der Waals surface area contributed by atoms with E-state index < -0.39 is 15.6 Å². The number of hydrogen-bond acceptors (Lipinski definition) is 4. The van der Waals surface area contributed by atoms with Crippen LogP contribution >= 0.6 is 0 Å². The summed E-state index contributed by atoms with van der Waals surface area (Å²) in [5.74, 6) is -0.217. The van der Waals surface area contributed by atoms with E-state index in [4.69, 9.17) is 5.73 Å². The molecule has 6 nitrogen and oxygen atoms in total. The van der Waals surface area contributed by atoms with Gasteiger partial charge in [0.1, 0.15) is 0 Å². The average molecular weight is 297 g/mol. The highest BCUT2D eigenvalue weighted by molar-refractivity contribution is 7.89. The van der Waals surface area contributed by atoms with Crippen molar-refractivity contribution in [3.63, 3.8) is 0 Å². The zero-order chi connectivity index (χ0) is 14.8. The van der Waals surface area contributed by atoms with Crippen molar-refractivity contribution in [1.82, 2.24) is 4.72 Å². The van der Waals surface area contributed by atoms with Crippen molar-refractivity contribution in [2.24, 2.45) is 5.73 Å². The molecule has 0 aliphatic heterocycles. The van der Waals surface area contributed by atoms with Crippen LogP contribution in [0.15, 0.2) is 29.2 Å². The highest BCUT2D eigenvalue weighted by atomic mass is 32.2. The third-order valence-corrected chi connectivity index (χ3v) is 5.02. The number of amides is 1. The second-order valence-corrected chi connectivity index (χ2v) is 6.76. The maximum Gasteiger partial charge on any atom is 0.244 e. The van der Waals surface area contributed by atoms with Gasteiger partial charge in [0.15, 0.2) is 0 Å². The van der Waals surface area contributed by atoms with E-state index in [9.17, 15) is 13.2 Å². The van der Waals surface area contributed by atoms with Gasteiger partial charge >= 0.3 is 0 Å². The predicted octanol–water partition coefficient (Wildman–Crippen LogP) is 0.805. The van der Waals surface area contributed by atoms with E-state index in [1.54, 1.807) is 19.1 Å². The number of nitrogens with two attached hydrogens (primary N) is 1. The molecule has 0 heterocycles. The lowest BCUT2D eigenvalue weighted by Gasteiger charge is -2.36. The van der Waals surface area contributed by atoms with E-state index in [0.717, 1.165) is 6.42 Å². The summed E-state index contributed by atoms with van der Waals surface area (Å²) in [5.41, 5.74) is 5.69. The molecule has 20 heavy (non-hydrogen) atoms. The van der Waals surface area contributed by atoms with E-state index in [1.807, 2.05) is 0 Å². The molecule has 4 N–H and O–H groups in total. The second kappa shape index (κ2) is 5.51. The molecule has 1 saturated carbocycles. The van der Waals surface area contributed by atoms with Crippen molar-refractivity contribution >= 4 is 21.6 Å². The number of benzene rings is 1. The zero-order valence-corrected chi connectivity index (χ0v) is 12.2. The van der Waals surface area contributed by atoms with Crippen LogP contribution in [-0.4, -0.2) is 26.4 Å². The minimum absolute atomic E-state index is 0.170. The molecule has 1 aliphatic rings. The fourth-order valence-electron chi connectivity index (χ4n) is 2.03. The number of anilines is 1. The number of carbonyl (C=O) groups excluding carboxylic acids is 1. The first kappa shape index (κ1) is 15.0. The molecule has 110 valence electrons. The summed E-state index contributed by atoms with van der Waals surface area (Å²) < 4.78 is 25.9. The van der Waals surface area contributed by atoms with Crippen LogP contribution in [0.1, 0.15) is 26.2 Å². The van der Waals surface area contributed by atoms with Crippen LogP contribution < -0.4 is 15.8 Å². The third-order valence-electron chi connectivity index (χ3n) is 3.45. The summed E-state index contributed by atoms with van der Waals surface area (Å²) in [4.78, 5) is 12.1. The van der Waals surface area contributed by atoms with Crippen molar-refractivity contribution in [2.45, 2.75) is 36.6 Å². The van der Waals surface area contributed by atoms with E-state index >= 15 is 0 Å². The SMILES string of the molecule is CCNS(=O)(=O)c1ccc(NC(=O)C2(N)CCC2)cc1.